The summed E-state index contributed by atoms with van der Waals surface area (Å²) in [5, 5.41) is 19.9. The van der Waals surface area contributed by atoms with Crippen molar-refractivity contribution in [1.82, 2.24) is 31.2 Å². The highest BCUT2D eigenvalue weighted by Gasteiger charge is 2.52. The number of nitroso groups, excluding NO2 is 1. The number of benzene rings is 2. The van der Waals surface area contributed by atoms with Gasteiger partial charge in [-0.2, -0.15) is 5.26 Å². The second kappa shape index (κ2) is 17.9. The molecule has 59 heavy (non-hydrogen) atoms. The highest BCUT2D eigenvalue weighted by Crippen LogP contribution is 2.48. The van der Waals surface area contributed by atoms with E-state index in [-0.39, 0.29) is 54.6 Å². The SMILES string of the molecule is CCC(C)C1CN2C(C)N[N+](=O)C2[C@H](C)N=C1c1ccc(C2CCC3(CC2)CCN(C2CNC(C(=O)NC4CCC(Oc5ccc(C#N)c(OC)c5)CC4)CN2)C3)cc1. The summed E-state index contributed by atoms with van der Waals surface area (Å²) in [6.07, 6.45) is 10.8. The molecule has 318 valence electrons. The van der Waals surface area contributed by atoms with Gasteiger partial charge in [0.05, 0.1) is 35.9 Å². The Kier molecular flexibility index (Phi) is 12.6. The Balaban J connectivity index is 0.779. The van der Waals surface area contributed by atoms with Crippen molar-refractivity contribution in [3.8, 4) is 17.6 Å². The first-order chi connectivity index (χ1) is 28.6. The largest absolute Gasteiger partial charge is 0.495 e. The van der Waals surface area contributed by atoms with Crippen LogP contribution in [0.5, 0.6) is 11.5 Å². The normalized spacial score (nSPS) is 34.5. The molecule has 8 rings (SSSR count). The van der Waals surface area contributed by atoms with Crippen LogP contribution in [0.3, 0.4) is 0 Å². The van der Waals surface area contributed by atoms with E-state index in [0.29, 0.717) is 40.9 Å². The van der Waals surface area contributed by atoms with E-state index in [1.54, 1.807) is 19.2 Å². The molecule has 2 aromatic carbocycles. The molecule has 13 heteroatoms. The zero-order valence-electron chi connectivity index (χ0n) is 35.8. The number of carbonyl (C=O) groups excluding carboxylic acids is 1. The number of hydrazine groups is 1. The fraction of sp³-hybridized carbons (Fsp3) is 0.674. The molecule has 0 aromatic heterocycles. The molecule has 1 amide bonds. The third-order valence-corrected chi connectivity index (χ3v) is 14.9. The lowest BCUT2D eigenvalue weighted by molar-refractivity contribution is -0.630. The predicted octanol–water partition coefficient (Wildman–Crippen LogP) is 5.44. The maximum absolute atomic E-state index is 13.3. The molecular weight excluding hydrogens is 743 g/mol. The molecule has 13 nitrogen and oxygen atoms in total. The topological polar surface area (TPSA) is 146 Å². The van der Waals surface area contributed by atoms with Crippen molar-refractivity contribution in [2.24, 2.45) is 22.2 Å². The standard InChI is InChI=1S/C46H65N9O4/c1-6-29(2)39-27-54-31(4)52-55(57)45(54)30(3)50-43(39)34-9-7-32(8-10-34)33-17-19-46(20-18-33)21-22-53(28-46)42-26-48-40(25-49-42)44(56)51-36-12-15-37(16-13-36)59-38-14-11-35(24-47)41(23-38)58-5/h7-11,14,23,29-31,33,36-37,39-40,42,45,48-49H,6,12-13,15-22,25-28H2,1-5H3,(H-,51,52,56,57)/p+1/t29?,30-,31?,33?,36?,37?,39?,40?,42?,45?,46?/m0/s1. The highest BCUT2D eigenvalue weighted by molar-refractivity contribution is 6.03. The molecule has 2 aliphatic carbocycles. The van der Waals surface area contributed by atoms with Crippen LogP contribution in [-0.2, 0) is 4.79 Å². The van der Waals surface area contributed by atoms with E-state index in [0.717, 1.165) is 68.9 Å². The average Bonchev–Trinajstić information content (AvgIpc) is 3.75. The molecule has 4 aliphatic heterocycles. The smallest absolute Gasteiger partial charge is 0.313 e. The Morgan fingerprint density at radius 2 is 1.81 bits per heavy atom. The number of hydrogen-bond acceptors (Lipinski definition) is 10. The molecule has 6 unspecified atom stereocenters. The van der Waals surface area contributed by atoms with E-state index in [4.69, 9.17) is 14.5 Å². The molecule has 6 aliphatic rings. The first-order valence-corrected chi connectivity index (χ1v) is 22.5. The molecule has 3 saturated heterocycles. The van der Waals surface area contributed by atoms with Crippen molar-refractivity contribution in [1.29, 1.82) is 5.26 Å². The fourth-order valence-corrected chi connectivity index (χ4v) is 11.0. The van der Waals surface area contributed by atoms with Crippen molar-refractivity contribution in [3.63, 3.8) is 0 Å². The molecule has 7 atom stereocenters. The van der Waals surface area contributed by atoms with E-state index in [1.165, 1.54) is 43.2 Å². The summed E-state index contributed by atoms with van der Waals surface area (Å²) in [5.74, 6) is 2.63. The van der Waals surface area contributed by atoms with Gasteiger partial charge in [0.2, 0.25) is 5.91 Å². The lowest BCUT2D eigenvalue weighted by atomic mass is 9.68. The van der Waals surface area contributed by atoms with Gasteiger partial charge in [0, 0.05) is 56.5 Å². The number of aliphatic imine (C=N–C) groups is 1. The van der Waals surface area contributed by atoms with Gasteiger partial charge in [-0.1, -0.05) is 44.5 Å². The van der Waals surface area contributed by atoms with Crippen LogP contribution in [0.1, 0.15) is 115 Å². The van der Waals surface area contributed by atoms with Gasteiger partial charge in [0.25, 0.3) is 0 Å². The molecule has 2 saturated carbocycles. The lowest BCUT2D eigenvalue weighted by Gasteiger charge is -2.40. The molecular formula is C46H66N9O4+. The van der Waals surface area contributed by atoms with Gasteiger partial charge in [-0.3, -0.25) is 20.0 Å². The van der Waals surface area contributed by atoms with Crippen molar-refractivity contribution in [2.75, 3.05) is 39.8 Å². The highest BCUT2D eigenvalue weighted by atomic mass is 16.5. The Morgan fingerprint density at radius 1 is 1.05 bits per heavy atom. The fourth-order valence-electron chi connectivity index (χ4n) is 11.0. The van der Waals surface area contributed by atoms with E-state index in [2.05, 4.69) is 89.2 Å². The number of likely N-dealkylation sites (tertiary alicyclic amines) is 1. The summed E-state index contributed by atoms with van der Waals surface area (Å²) in [7, 11) is 1.56. The number of nitriles is 1. The summed E-state index contributed by atoms with van der Waals surface area (Å²) in [4.78, 5) is 37.3. The van der Waals surface area contributed by atoms with Gasteiger partial charge in [-0.25, -0.2) is 4.90 Å². The van der Waals surface area contributed by atoms with Gasteiger partial charge >= 0.3 is 6.17 Å². The molecule has 0 bridgehead atoms. The van der Waals surface area contributed by atoms with Gasteiger partial charge in [-0.05, 0) is 112 Å². The monoisotopic (exact) mass is 809 g/mol. The number of piperazine rings is 1. The predicted molar refractivity (Wildman–Crippen MR) is 228 cm³/mol. The second-order valence-corrected chi connectivity index (χ2v) is 18.6. The van der Waals surface area contributed by atoms with Crippen LogP contribution < -0.4 is 30.8 Å². The minimum absolute atomic E-state index is 0.00469. The maximum atomic E-state index is 13.3. The lowest BCUT2D eigenvalue weighted by Crippen LogP contribution is -2.64. The van der Waals surface area contributed by atoms with Crippen molar-refractivity contribution in [3.05, 3.63) is 64.1 Å². The summed E-state index contributed by atoms with van der Waals surface area (Å²) in [6.45, 7) is 13.2. The van der Waals surface area contributed by atoms with E-state index < -0.39 is 0 Å². The molecule has 4 N–H and O–H groups in total. The van der Waals surface area contributed by atoms with Gasteiger partial charge in [0.15, 0.2) is 0 Å². The van der Waals surface area contributed by atoms with Gasteiger partial charge in [0.1, 0.15) is 34.6 Å². The summed E-state index contributed by atoms with van der Waals surface area (Å²) in [6, 6.07) is 16.6. The average molecular weight is 809 g/mol. The van der Waals surface area contributed by atoms with Gasteiger partial charge in [-0.15, -0.1) is 5.43 Å². The summed E-state index contributed by atoms with van der Waals surface area (Å²) in [5.41, 5.74) is 7.74. The summed E-state index contributed by atoms with van der Waals surface area (Å²) >= 11 is 0. The van der Waals surface area contributed by atoms with Crippen molar-refractivity contribution >= 4 is 11.6 Å². The third-order valence-electron chi connectivity index (χ3n) is 14.9. The van der Waals surface area contributed by atoms with Crippen LogP contribution in [-0.4, -0.2) is 109 Å². The van der Waals surface area contributed by atoms with Crippen LogP contribution in [0.4, 0.5) is 0 Å². The van der Waals surface area contributed by atoms with Crippen molar-refractivity contribution < 1.29 is 19.1 Å². The van der Waals surface area contributed by atoms with Crippen LogP contribution >= 0.6 is 0 Å². The number of amides is 1. The zero-order valence-corrected chi connectivity index (χ0v) is 35.8. The first-order valence-electron chi connectivity index (χ1n) is 22.5. The van der Waals surface area contributed by atoms with Crippen LogP contribution in [0.25, 0.3) is 0 Å². The van der Waals surface area contributed by atoms with Crippen LogP contribution in [0.15, 0.2) is 47.5 Å². The number of nitrogens with one attached hydrogen (secondary N) is 4. The number of carbonyl (C=O) groups is 1. The minimum atomic E-state index is -0.277. The Hall–Kier alpha value is -4.09. The van der Waals surface area contributed by atoms with Crippen LogP contribution in [0.2, 0.25) is 0 Å². The quantitative estimate of drug-likeness (QED) is 0.229. The molecule has 5 fully saturated rings. The number of methoxy groups -OCH3 is 1. The number of hydrogen-bond donors (Lipinski definition) is 4. The number of fused-ring (bicyclic) bond motifs is 1. The maximum Gasteiger partial charge on any atom is 0.313 e. The number of rotatable bonds is 10. The molecule has 1 spiro atoms. The number of nitrogens with zero attached hydrogens (tertiary/aromatic N) is 5. The van der Waals surface area contributed by atoms with E-state index >= 15 is 0 Å². The first kappa shape index (κ1) is 41.6. The Labute approximate surface area is 350 Å². The Morgan fingerprint density at radius 3 is 2.49 bits per heavy atom. The third kappa shape index (κ3) is 8.88. The molecule has 0 radical (unpaired) electrons. The van der Waals surface area contributed by atoms with E-state index in [1.807, 2.05) is 6.07 Å². The van der Waals surface area contributed by atoms with Crippen molar-refractivity contribution in [2.45, 2.75) is 141 Å². The second-order valence-electron chi connectivity index (χ2n) is 18.6. The van der Waals surface area contributed by atoms with Gasteiger partial charge < -0.3 is 20.1 Å². The molecule has 4 heterocycles. The van der Waals surface area contributed by atoms with Crippen LogP contribution in [0, 0.1) is 33.5 Å². The Bertz CT molecular complexity index is 1870. The summed E-state index contributed by atoms with van der Waals surface area (Å²) < 4.78 is 11.5. The minimum Gasteiger partial charge on any atom is -0.495 e. The zero-order chi connectivity index (χ0) is 41.3. The number of ether oxygens (including phenoxy) is 2. The molecule has 2 aromatic rings. The van der Waals surface area contributed by atoms with E-state index in [9.17, 15) is 15.0 Å².